The van der Waals surface area contributed by atoms with Gasteiger partial charge < -0.3 is 10.6 Å². The van der Waals surface area contributed by atoms with Gasteiger partial charge in [0, 0.05) is 0 Å². The van der Waals surface area contributed by atoms with Crippen LogP contribution in [0.3, 0.4) is 0 Å². The van der Waals surface area contributed by atoms with Crippen molar-refractivity contribution in [3.63, 3.8) is 0 Å². The summed E-state index contributed by atoms with van der Waals surface area (Å²) in [5.41, 5.74) is 5.65. The molecule has 1 fully saturated rings. The lowest BCUT2D eigenvalue weighted by Gasteiger charge is -2.38. The van der Waals surface area contributed by atoms with Gasteiger partial charge in [0.25, 0.3) is 0 Å². The van der Waals surface area contributed by atoms with Gasteiger partial charge in [-0.25, -0.2) is 0 Å². The number of likely N-dealkylation sites (tertiary alicyclic amines) is 1. The highest BCUT2D eigenvalue weighted by Crippen LogP contribution is 2.34. The first-order chi connectivity index (χ1) is 8.74. The second-order valence-electron chi connectivity index (χ2n) is 7.47. The molecule has 0 aromatic rings. The SMILES string of the molecule is CC(N)(C#N)CCCCN1CCC(C(C)(C)C)CC1. The number of hydrogen-bond donors (Lipinski definition) is 1. The van der Waals surface area contributed by atoms with Crippen molar-refractivity contribution >= 4 is 0 Å². The molecule has 0 aliphatic carbocycles. The molecule has 1 atom stereocenters. The summed E-state index contributed by atoms with van der Waals surface area (Å²) in [5.74, 6) is 0.870. The Bertz CT molecular complexity index is 301. The molecule has 110 valence electrons. The molecule has 1 unspecified atom stereocenters. The van der Waals surface area contributed by atoms with Gasteiger partial charge in [0.05, 0.1) is 6.07 Å². The number of nitrogens with two attached hydrogens (primary N) is 1. The van der Waals surface area contributed by atoms with E-state index in [0.29, 0.717) is 5.41 Å². The standard InChI is InChI=1S/C16H31N3/c1-15(2,3)14-7-11-19(12-8-14)10-6-5-9-16(4,18)13-17/h14H,5-12,18H2,1-4H3. The van der Waals surface area contributed by atoms with E-state index in [1.165, 1.54) is 32.5 Å². The van der Waals surface area contributed by atoms with Gasteiger partial charge in [0.15, 0.2) is 0 Å². The van der Waals surface area contributed by atoms with E-state index in [4.69, 9.17) is 11.0 Å². The van der Waals surface area contributed by atoms with Crippen molar-refractivity contribution in [1.82, 2.24) is 4.90 Å². The van der Waals surface area contributed by atoms with Gasteiger partial charge in [-0.3, -0.25) is 0 Å². The molecule has 19 heavy (non-hydrogen) atoms. The van der Waals surface area contributed by atoms with Crippen LogP contribution in [-0.2, 0) is 0 Å². The molecule has 1 aliphatic rings. The summed E-state index contributed by atoms with van der Waals surface area (Å²) in [6, 6.07) is 2.17. The largest absolute Gasteiger partial charge is 0.314 e. The minimum absolute atomic E-state index is 0.459. The lowest BCUT2D eigenvalue weighted by molar-refractivity contribution is 0.111. The van der Waals surface area contributed by atoms with Crippen LogP contribution in [0.5, 0.6) is 0 Å². The van der Waals surface area contributed by atoms with E-state index >= 15 is 0 Å². The minimum Gasteiger partial charge on any atom is -0.314 e. The van der Waals surface area contributed by atoms with E-state index in [1.54, 1.807) is 0 Å². The number of piperidine rings is 1. The minimum atomic E-state index is -0.640. The molecule has 0 spiro atoms. The maximum absolute atomic E-state index is 8.86. The van der Waals surface area contributed by atoms with E-state index in [-0.39, 0.29) is 0 Å². The maximum atomic E-state index is 8.86. The zero-order valence-electron chi connectivity index (χ0n) is 13.2. The first-order valence-corrected chi connectivity index (χ1v) is 7.67. The third kappa shape index (κ3) is 5.93. The molecule has 0 bridgehead atoms. The van der Waals surface area contributed by atoms with Crippen LogP contribution in [0.15, 0.2) is 0 Å². The first-order valence-electron chi connectivity index (χ1n) is 7.67. The lowest BCUT2D eigenvalue weighted by atomic mass is 9.75. The van der Waals surface area contributed by atoms with Crippen LogP contribution in [0.1, 0.15) is 59.8 Å². The van der Waals surface area contributed by atoms with Gasteiger partial charge in [-0.1, -0.05) is 20.8 Å². The highest BCUT2D eigenvalue weighted by molar-refractivity contribution is 5.00. The van der Waals surface area contributed by atoms with Crippen molar-refractivity contribution in [2.45, 2.75) is 65.3 Å². The fourth-order valence-corrected chi connectivity index (χ4v) is 2.91. The fourth-order valence-electron chi connectivity index (χ4n) is 2.91. The van der Waals surface area contributed by atoms with Gasteiger partial charge in [-0.05, 0) is 70.0 Å². The van der Waals surface area contributed by atoms with E-state index in [9.17, 15) is 0 Å². The van der Waals surface area contributed by atoms with Gasteiger partial charge >= 0.3 is 0 Å². The average Bonchev–Trinajstić information content (AvgIpc) is 2.34. The van der Waals surface area contributed by atoms with E-state index < -0.39 is 5.54 Å². The van der Waals surface area contributed by atoms with E-state index in [2.05, 4.69) is 31.7 Å². The summed E-state index contributed by atoms with van der Waals surface area (Å²) < 4.78 is 0. The monoisotopic (exact) mass is 265 g/mol. The highest BCUT2D eigenvalue weighted by atomic mass is 15.1. The third-order valence-electron chi connectivity index (χ3n) is 4.49. The maximum Gasteiger partial charge on any atom is 0.101 e. The predicted octanol–water partition coefficient (Wildman–Crippen LogP) is 3.16. The van der Waals surface area contributed by atoms with E-state index in [1.807, 2.05) is 6.92 Å². The van der Waals surface area contributed by atoms with Gasteiger partial charge in [0.1, 0.15) is 5.54 Å². The Morgan fingerprint density at radius 3 is 2.21 bits per heavy atom. The van der Waals surface area contributed by atoms with Crippen LogP contribution in [0.4, 0.5) is 0 Å². The first kappa shape index (κ1) is 16.5. The Hall–Kier alpha value is -0.590. The van der Waals surface area contributed by atoms with Crippen LogP contribution >= 0.6 is 0 Å². The van der Waals surface area contributed by atoms with Crippen LogP contribution < -0.4 is 5.73 Å². The van der Waals surface area contributed by atoms with E-state index in [0.717, 1.165) is 25.2 Å². The zero-order valence-corrected chi connectivity index (χ0v) is 13.2. The van der Waals surface area contributed by atoms with Gasteiger partial charge in [-0.15, -0.1) is 0 Å². The average molecular weight is 265 g/mol. The molecule has 3 heteroatoms. The summed E-state index contributed by atoms with van der Waals surface area (Å²) in [6.45, 7) is 12.5. The third-order valence-corrected chi connectivity index (χ3v) is 4.49. The van der Waals surface area contributed by atoms with Crippen molar-refractivity contribution in [3.8, 4) is 6.07 Å². The van der Waals surface area contributed by atoms with Crippen molar-refractivity contribution in [1.29, 1.82) is 5.26 Å². The Labute approximate surface area is 119 Å². The molecule has 1 rings (SSSR count). The summed E-state index contributed by atoms with van der Waals surface area (Å²) in [4.78, 5) is 2.57. The zero-order chi connectivity index (χ0) is 14.5. The summed E-state index contributed by atoms with van der Waals surface area (Å²) >= 11 is 0. The molecule has 2 N–H and O–H groups in total. The molecule has 0 aromatic heterocycles. The second-order valence-corrected chi connectivity index (χ2v) is 7.47. The molecule has 1 aliphatic heterocycles. The topological polar surface area (TPSA) is 53.1 Å². The lowest BCUT2D eigenvalue weighted by Crippen LogP contribution is -2.38. The molecule has 1 saturated heterocycles. The van der Waals surface area contributed by atoms with Crippen molar-refractivity contribution in [3.05, 3.63) is 0 Å². The number of nitriles is 1. The molecular weight excluding hydrogens is 234 g/mol. The molecule has 0 radical (unpaired) electrons. The molecule has 1 heterocycles. The Morgan fingerprint density at radius 2 is 1.74 bits per heavy atom. The van der Waals surface area contributed by atoms with Crippen LogP contribution in [0.2, 0.25) is 0 Å². The molecule has 0 aromatic carbocycles. The van der Waals surface area contributed by atoms with Crippen molar-refractivity contribution in [2.24, 2.45) is 17.1 Å². The molecule has 3 nitrogen and oxygen atoms in total. The Balaban J connectivity index is 2.16. The predicted molar refractivity (Wildman–Crippen MR) is 80.7 cm³/mol. The summed E-state index contributed by atoms with van der Waals surface area (Å²) in [6.07, 6.45) is 5.68. The number of unbranched alkanes of at least 4 members (excludes halogenated alkanes) is 1. The molecule has 0 amide bonds. The van der Waals surface area contributed by atoms with Crippen molar-refractivity contribution < 1.29 is 0 Å². The molecule has 0 saturated carbocycles. The number of rotatable bonds is 5. The van der Waals surface area contributed by atoms with Crippen LogP contribution in [0.25, 0.3) is 0 Å². The Kier molecular flexibility index (Phi) is 5.82. The quantitative estimate of drug-likeness (QED) is 0.777. The van der Waals surface area contributed by atoms with Crippen LogP contribution in [-0.4, -0.2) is 30.1 Å². The summed E-state index contributed by atoms with van der Waals surface area (Å²) in [5, 5.41) is 8.86. The number of hydrogen-bond acceptors (Lipinski definition) is 3. The Morgan fingerprint density at radius 1 is 1.16 bits per heavy atom. The normalized spacial score (nSPS) is 21.9. The molecular formula is C16H31N3. The highest BCUT2D eigenvalue weighted by Gasteiger charge is 2.28. The smallest absolute Gasteiger partial charge is 0.101 e. The van der Waals surface area contributed by atoms with Crippen molar-refractivity contribution in [2.75, 3.05) is 19.6 Å². The van der Waals surface area contributed by atoms with Crippen LogP contribution in [0, 0.1) is 22.7 Å². The second kappa shape index (κ2) is 6.72. The van der Waals surface area contributed by atoms with Gasteiger partial charge in [-0.2, -0.15) is 5.26 Å². The summed E-state index contributed by atoms with van der Waals surface area (Å²) in [7, 11) is 0. The van der Waals surface area contributed by atoms with Gasteiger partial charge in [0.2, 0.25) is 0 Å². The number of nitrogens with zero attached hydrogens (tertiary/aromatic N) is 2. The fraction of sp³-hybridized carbons (Fsp3) is 0.938.